The lowest BCUT2D eigenvalue weighted by Gasteiger charge is -2.52. The van der Waals surface area contributed by atoms with Gasteiger partial charge in [-0.1, -0.05) is 61.3 Å². The number of benzene rings is 2. The third-order valence-electron chi connectivity index (χ3n) is 7.31. The molecule has 0 aromatic heterocycles. The second-order valence-corrected chi connectivity index (χ2v) is 14.6. The van der Waals surface area contributed by atoms with Crippen molar-refractivity contribution in [2.75, 3.05) is 6.54 Å². The highest BCUT2D eigenvalue weighted by Crippen LogP contribution is 2.52. The third-order valence-corrected chi connectivity index (χ3v) is 9.96. The number of rotatable bonds is 9. The number of nitrogens with zero attached hydrogens (tertiary/aromatic N) is 1. The van der Waals surface area contributed by atoms with E-state index >= 15 is 0 Å². The maximum absolute atomic E-state index is 14.2. The van der Waals surface area contributed by atoms with E-state index in [-0.39, 0.29) is 31.2 Å². The van der Waals surface area contributed by atoms with Gasteiger partial charge in [0.1, 0.15) is 0 Å². The van der Waals surface area contributed by atoms with Gasteiger partial charge in [-0.05, 0) is 69.0 Å². The number of carboxylic acids is 1. The van der Waals surface area contributed by atoms with Crippen molar-refractivity contribution in [1.82, 2.24) is 9.62 Å². The molecule has 38 heavy (non-hydrogen) atoms. The highest BCUT2D eigenvalue weighted by Gasteiger charge is 2.52. The van der Waals surface area contributed by atoms with Crippen molar-refractivity contribution in [3.8, 4) is 0 Å². The lowest BCUT2D eigenvalue weighted by Crippen LogP contribution is -2.58. The van der Waals surface area contributed by atoms with Crippen molar-refractivity contribution in [1.29, 1.82) is 0 Å². The molecule has 1 saturated heterocycles. The van der Waals surface area contributed by atoms with Crippen molar-refractivity contribution in [3.63, 3.8) is 0 Å². The van der Waals surface area contributed by atoms with Gasteiger partial charge in [0.2, 0.25) is 15.9 Å². The first-order valence-corrected chi connectivity index (χ1v) is 14.9. The minimum atomic E-state index is -3.68. The Morgan fingerprint density at radius 2 is 1.76 bits per heavy atom. The molecule has 0 bridgehead atoms. The first kappa shape index (κ1) is 30.4. The predicted molar refractivity (Wildman–Crippen MR) is 151 cm³/mol. The van der Waals surface area contributed by atoms with Crippen molar-refractivity contribution in [2.24, 2.45) is 5.41 Å². The van der Waals surface area contributed by atoms with Gasteiger partial charge in [-0.25, -0.2) is 13.1 Å². The average Bonchev–Trinajstić information content (AvgIpc) is 2.81. The van der Waals surface area contributed by atoms with Crippen LogP contribution in [0.25, 0.3) is 0 Å². The minimum Gasteiger partial charge on any atom is -0.481 e. The SMILES string of the molecule is CC[C@@H](CNS(=O)(=O)C(C)(C)C)N1C(=O)[C@](C)(CC(=O)O)C[C@H](c2cccc(Cl)c2)[C@H]1c1ccc(Cl)cc1. The van der Waals surface area contributed by atoms with E-state index in [2.05, 4.69) is 4.72 Å². The van der Waals surface area contributed by atoms with E-state index < -0.39 is 38.2 Å². The quantitative estimate of drug-likeness (QED) is 0.375. The molecule has 2 aromatic carbocycles. The number of sulfonamides is 1. The molecule has 0 spiro atoms. The Hall–Kier alpha value is -2.13. The summed E-state index contributed by atoms with van der Waals surface area (Å²) in [6.07, 6.45) is 0.386. The minimum absolute atomic E-state index is 0.00263. The fourth-order valence-electron chi connectivity index (χ4n) is 5.14. The normalized spacial score (nSPS) is 23.3. The van der Waals surface area contributed by atoms with Crippen LogP contribution in [0.2, 0.25) is 10.0 Å². The molecule has 0 unspecified atom stereocenters. The van der Waals surface area contributed by atoms with Gasteiger partial charge in [-0.15, -0.1) is 0 Å². The van der Waals surface area contributed by atoms with Crippen LogP contribution >= 0.6 is 23.2 Å². The number of likely N-dealkylation sites (tertiary alicyclic amines) is 1. The van der Waals surface area contributed by atoms with Crippen LogP contribution in [0.3, 0.4) is 0 Å². The van der Waals surface area contributed by atoms with E-state index in [4.69, 9.17) is 23.2 Å². The Morgan fingerprint density at radius 3 is 2.29 bits per heavy atom. The molecule has 10 heteroatoms. The summed E-state index contributed by atoms with van der Waals surface area (Å²) >= 11 is 12.5. The largest absolute Gasteiger partial charge is 0.481 e. The molecule has 0 aliphatic carbocycles. The monoisotopic (exact) mass is 582 g/mol. The van der Waals surface area contributed by atoms with E-state index in [9.17, 15) is 23.1 Å². The van der Waals surface area contributed by atoms with E-state index in [0.29, 0.717) is 16.5 Å². The molecule has 0 saturated carbocycles. The van der Waals surface area contributed by atoms with Gasteiger partial charge in [0, 0.05) is 28.5 Å². The van der Waals surface area contributed by atoms with Crippen molar-refractivity contribution < 1.29 is 23.1 Å². The molecule has 4 atom stereocenters. The van der Waals surface area contributed by atoms with Crippen molar-refractivity contribution >= 4 is 45.1 Å². The molecule has 1 heterocycles. The van der Waals surface area contributed by atoms with Gasteiger partial charge in [-0.3, -0.25) is 9.59 Å². The number of carboxylic acid groups (broad SMARTS) is 1. The summed E-state index contributed by atoms with van der Waals surface area (Å²) in [7, 11) is -3.68. The Kier molecular flexibility index (Phi) is 9.24. The zero-order chi connectivity index (χ0) is 28.5. The van der Waals surface area contributed by atoms with Crippen LogP contribution in [0.15, 0.2) is 48.5 Å². The number of carbonyl (C=O) groups is 2. The molecule has 2 N–H and O–H groups in total. The molecule has 1 fully saturated rings. The van der Waals surface area contributed by atoms with Gasteiger partial charge in [0.25, 0.3) is 0 Å². The van der Waals surface area contributed by atoms with Crippen LogP contribution < -0.4 is 4.72 Å². The molecule has 1 aliphatic heterocycles. The number of halogens is 2. The summed E-state index contributed by atoms with van der Waals surface area (Å²) in [5, 5.41) is 10.8. The Labute approximate surface area is 235 Å². The summed E-state index contributed by atoms with van der Waals surface area (Å²) in [5.74, 6) is -1.69. The van der Waals surface area contributed by atoms with Gasteiger partial charge in [0.15, 0.2) is 0 Å². The van der Waals surface area contributed by atoms with Crippen molar-refractivity contribution in [2.45, 2.75) is 76.6 Å². The Morgan fingerprint density at radius 1 is 1.13 bits per heavy atom. The number of piperidine rings is 1. The van der Waals surface area contributed by atoms with Crippen LogP contribution in [-0.4, -0.2) is 47.6 Å². The zero-order valence-corrected chi connectivity index (χ0v) is 24.7. The topological polar surface area (TPSA) is 104 Å². The van der Waals surface area contributed by atoms with Crippen molar-refractivity contribution in [3.05, 3.63) is 69.7 Å². The summed E-state index contributed by atoms with van der Waals surface area (Å²) in [6, 6.07) is 13.6. The molecule has 1 aliphatic rings. The zero-order valence-electron chi connectivity index (χ0n) is 22.4. The highest BCUT2D eigenvalue weighted by atomic mass is 35.5. The first-order valence-electron chi connectivity index (χ1n) is 12.6. The number of aliphatic carboxylic acids is 1. The highest BCUT2D eigenvalue weighted by molar-refractivity contribution is 7.90. The van der Waals surface area contributed by atoms with E-state index in [0.717, 1.165) is 11.1 Å². The van der Waals surface area contributed by atoms with Crippen LogP contribution in [0.1, 0.15) is 77.0 Å². The van der Waals surface area contributed by atoms with Crippen LogP contribution in [0.5, 0.6) is 0 Å². The fourth-order valence-corrected chi connectivity index (χ4v) is 6.31. The molecule has 3 rings (SSSR count). The molecule has 7 nitrogen and oxygen atoms in total. The van der Waals surface area contributed by atoms with Crippen LogP contribution in [0, 0.1) is 5.41 Å². The van der Waals surface area contributed by atoms with Crippen LogP contribution in [0.4, 0.5) is 0 Å². The number of nitrogens with one attached hydrogen (secondary N) is 1. The fraction of sp³-hybridized carbons (Fsp3) is 0.500. The van der Waals surface area contributed by atoms with Crippen LogP contribution in [-0.2, 0) is 19.6 Å². The third kappa shape index (κ3) is 6.53. The smallest absolute Gasteiger partial charge is 0.304 e. The van der Waals surface area contributed by atoms with E-state index in [1.807, 2.05) is 37.3 Å². The molecule has 0 radical (unpaired) electrons. The molecular weight excluding hydrogens is 547 g/mol. The summed E-state index contributed by atoms with van der Waals surface area (Å²) in [6.45, 7) is 8.39. The van der Waals surface area contributed by atoms with Gasteiger partial charge >= 0.3 is 5.97 Å². The Bertz CT molecular complexity index is 1280. The molecule has 208 valence electrons. The first-order chi connectivity index (χ1) is 17.6. The predicted octanol–water partition coefficient (Wildman–Crippen LogP) is 6.03. The molecular formula is C28H36Cl2N2O5S. The van der Waals surface area contributed by atoms with Gasteiger partial charge in [-0.2, -0.15) is 0 Å². The molecule has 2 aromatic rings. The average molecular weight is 584 g/mol. The number of amides is 1. The second kappa shape index (κ2) is 11.5. The summed E-state index contributed by atoms with van der Waals surface area (Å²) in [5.41, 5.74) is 0.483. The second-order valence-electron chi connectivity index (χ2n) is 11.2. The number of hydrogen-bond donors (Lipinski definition) is 2. The number of carbonyl (C=O) groups excluding carboxylic acids is 1. The summed E-state index contributed by atoms with van der Waals surface area (Å²) < 4.78 is 27.5. The van der Waals surface area contributed by atoms with Gasteiger partial charge < -0.3 is 10.0 Å². The summed E-state index contributed by atoms with van der Waals surface area (Å²) in [4.78, 5) is 27.9. The van der Waals surface area contributed by atoms with Gasteiger partial charge in [0.05, 0.1) is 22.6 Å². The maximum Gasteiger partial charge on any atom is 0.304 e. The lowest BCUT2D eigenvalue weighted by molar-refractivity contribution is -0.160. The number of hydrogen-bond acceptors (Lipinski definition) is 4. The lowest BCUT2D eigenvalue weighted by atomic mass is 9.67. The standard InChI is InChI=1S/C28H36Cl2N2O5S/c1-6-22(17-31-38(36,37)27(2,3)4)32-25(18-10-12-20(29)13-11-18)23(19-8-7-9-21(30)14-19)15-28(5,26(32)35)16-24(33)34/h7-14,22-23,25,31H,6,15-17H2,1-5H3,(H,33,34)/t22-,23+,25+,28-/m0/s1. The molecule has 1 amide bonds. The Balaban J connectivity index is 2.20. The van der Waals surface area contributed by atoms with E-state index in [1.165, 1.54) is 0 Å². The maximum atomic E-state index is 14.2. The van der Waals surface area contributed by atoms with E-state index in [1.54, 1.807) is 50.8 Å².